The molecule has 1 aromatic carbocycles. The summed E-state index contributed by atoms with van der Waals surface area (Å²) in [5, 5.41) is 3.53. The van der Waals surface area contributed by atoms with Crippen LogP contribution in [0.2, 0.25) is 0 Å². The van der Waals surface area contributed by atoms with E-state index < -0.39 is 0 Å². The van der Waals surface area contributed by atoms with E-state index in [9.17, 15) is 0 Å². The number of rotatable bonds is 7. The molecule has 1 heterocycles. The van der Waals surface area contributed by atoms with Gasteiger partial charge >= 0.3 is 0 Å². The van der Waals surface area contributed by atoms with Crippen molar-refractivity contribution in [2.24, 2.45) is 16.3 Å². The third-order valence-corrected chi connectivity index (χ3v) is 6.13. The van der Waals surface area contributed by atoms with Gasteiger partial charge in [-0.3, -0.25) is 4.99 Å². The first-order valence-electron chi connectivity index (χ1n) is 10.2. The van der Waals surface area contributed by atoms with E-state index in [1.165, 1.54) is 24.8 Å². The second-order valence-corrected chi connectivity index (χ2v) is 8.14. The van der Waals surface area contributed by atoms with E-state index in [-0.39, 0.29) is 24.0 Å². The third-order valence-electron chi connectivity index (χ3n) is 6.13. The van der Waals surface area contributed by atoms with Crippen LogP contribution in [-0.4, -0.2) is 50.8 Å². The number of benzene rings is 1. The van der Waals surface area contributed by atoms with Crippen molar-refractivity contribution in [3.05, 3.63) is 35.9 Å². The number of hydrogen-bond acceptors (Lipinski definition) is 2. The Hall–Kier alpha value is -0.820. The molecule has 5 heteroatoms. The first kappa shape index (κ1) is 22.5. The Morgan fingerprint density at radius 1 is 1.30 bits per heavy atom. The van der Waals surface area contributed by atoms with Crippen molar-refractivity contribution >= 4 is 29.9 Å². The molecule has 1 aliphatic carbocycles. The molecule has 0 radical (unpaired) electrons. The highest BCUT2D eigenvalue weighted by Gasteiger charge is 2.42. The van der Waals surface area contributed by atoms with Crippen LogP contribution in [0.25, 0.3) is 0 Å². The summed E-state index contributed by atoms with van der Waals surface area (Å²) in [5.41, 5.74) is 1.89. The van der Waals surface area contributed by atoms with Gasteiger partial charge < -0.3 is 15.0 Å². The molecule has 0 spiro atoms. The molecule has 0 aromatic heterocycles. The third kappa shape index (κ3) is 6.08. The SMILES string of the molecule is CCNC(=NCC1(CCOC)CC1)N1CCC(c2ccccc2)C(C)C1.I. The van der Waals surface area contributed by atoms with Gasteiger partial charge in [0.15, 0.2) is 5.96 Å². The average Bonchev–Trinajstić information content (AvgIpc) is 3.44. The lowest BCUT2D eigenvalue weighted by molar-refractivity contribution is 0.173. The topological polar surface area (TPSA) is 36.9 Å². The minimum absolute atomic E-state index is 0. The molecule has 27 heavy (non-hydrogen) atoms. The predicted molar refractivity (Wildman–Crippen MR) is 124 cm³/mol. The van der Waals surface area contributed by atoms with E-state index in [1.54, 1.807) is 7.11 Å². The molecule has 3 rings (SSSR count). The van der Waals surface area contributed by atoms with Crippen LogP contribution >= 0.6 is 24.0 Å². The molecular formula is C22H36IN3O. The van der Waals surface area contributed by atoms with Crippen LogP contribution in [0.5, 0.6) is 0 Å². The number of methoxy groups -OCH3 is 1. The van der Waals surface area contributed by atoms with Crippen molar-refractivity contribution in [1.82, 2.24) is 10.2 Å². The minimum atomic E-state index is 0. The van der Waals surface area contributed by atoms with E-state index in [1.807, 2.05) is 0 Å². The fourth-order valence-electron chi connectivity index (χ4n) is 4.18. The van der Waals surface area contributed by atoms with Gasteiger partial charge in [0.2, 0.25) is 0 Å². The zero-order valence-corrected chi connectivity index (χ0v) is 19.4. The Morgan fingerprint density at radius 3 is 2.63 bits per heavy atom. The van der Waals surface area contributed by atoms with Crippen molar-refractivity contribution in [3.8, 4) is 0 Å². The molecule has 2 aliphatic rings. The van der Waals surface area contributed by atoms with Crippen LogP contribution in [0.4, 0.5) is 0 Å². The highest BCUT2D eigenvalue weighted by atomic mass is 127. The van der Waals surface area contributed by atoms with E-state index in [4.69, 9.17) is 9.73 Å². The molecule has 4 nitrogen and oxygen atoms in total. The van der Waals surface area contributed by atoms with Gasteiger partial charge in [-0.25, -0.2) is 0 Å². The van der Waals surface area contributed by atoms with Gasteiger partial charge in [0.25, 0.3) is 0 Å². The molecule has 1 saturated carbocycles. The van der Waals surface area contributed by atoms with E-state index in [2.05, 4.69) is 54.4 Å². The van der Waals surface area contributed by atoms with Gasteiger partial charge in [-0.2, -0.15) is 0 Å². The molecule has 1 aromatic rings. The number of hydrogen-bond donors (Lipinski definition) is 1. The number of nitrogens with one attached hydrogen (secondary N) is 1. The number of likely N-dealkylation sites (tertiary alicyclic amines) is 1. The lowest BCUT2D eigenvalue weighted by Gasteiger charge is -2.39. The fraction of sp³-hybridized carbons (Fsp3) is 0.682. The zero-order chi connectivity index (χ0) is 18.4. The summed E-state index contributed by atoms with van der Waals surface area (Å²) < 4.78 is 5.28. The molecule has 2 unspecified atom stereocenters. The van der Waals surface area contributed by atoms with E-state index in [0.29, 0.717) is 17.3 Å². The van der Waals surface area contributed by atoms with Gasteiger partial charge in [-0.05, 0) is 55.4 Å². The van der Waals surface area contributed by atoms with Crippen molar-refractivity contribution < 1.29 is 4.74 Å². The van der Waals surface area contributed by atoms with Crippen LogP contribution < -0.4 is 5.32 Å². The molecule has 1 aliphatic heterocycles. The van der Waals surface area contributed by atoms with Crippen molar-refractivity contribution in [2.45, 2.75) is 45.4 Å². The molecule has 1 saturated heterocycles. The Labute approximate surface area is 182 Å². The van der Waals surface area contributed by atoms with E-state index in [0.717, 1.165) is 45.2 Å². The van der Waals surface area contributed by atoms with Crippen molar-refractivity contribution in [3.63, 3.8) is 0 Å². The summed E-state index contributed by atoms with van der Waals surface area (Å²) in [7, 11) is 1.79. The Balaban J connectivity index is 0.00000261. The number of guanidine groups is 1. The first-order chi connectivity index (χ1) is 12.7. The van der Waals surface area contributed by atoms with Crippen LogP contribution in [0.3, 0.4) is 0 Å². The maximum absolute atomic E-state index is 5.28. The maximum atomic E-state index is 5.28. The fourth-order valence-corrected chi connectivity index (χ4v) is 4.18. The summed E-state index contributed by atoms with van der Waals surface area (Å²) in [6, 6.07) is 11.0. The van der Waals surface area contributed by atoms with Gasteiger partial charge in [0.05, 0.1) is 0 Å². The normalized spacial score (nSPS) is 24.3. The molecule has 1 N–H and O–H groups in total. The van der Waals surface area contributed by atoms with Crippen molar-refractivity contribution in [1.29, 1.82) is 0 Å². The largest absolute Gasteiger partial charge is 0.385 e. The monoisotopic (exact) mass is 485 g/mol. The summed E-state index contributed by atoms with van der Waals surface area (Å²) in [6.45, 7) is 9.42. The molecule has 0 amide bonds. The van der Waals surface area contributed by atoms with E-state index >= 15 is 0 Å². The minimum Gasteiger partial charge on any atom is -0.385 e. The van der Waals surface area contributed by atoms with Gasteiger partial charge in [0, 0.05) is 39.9 Å². The Kier molecular flexibility index (Phi) is 8.86. The Morgan fingerprint density at radius 2 is 2.04 bits per heavy atom. The second kappa shape index (κ2) is 10.6. The second-order valence-electron chi connectivity index (χ2n) is 8.14. The number of piperidine rings is 1. The lowest BCUT2D eigenvalue weighted by Crippen LogP contribution is -2.48. The lowest BCUT2D eigenvalue weighted by atomic mass is 9.82. The molecule has 2 atom stereocenters. The number of nitrogens with zero attached hydrogens (tertiary/aromatic N) is 2. The number of halogens is 1. The number of aliphatic imine (C=N–C) groups is 1. The summed E-state index contributed by atoms with van der Waals surface area (Å²) in [6.07, 6.45) is 4.93. The predicted octanol–water partition coefficient (Wildman–Crippen LogP) is 4.51. The van der Waals surface area contributed by atoms with Crippen LogP contribution in [-0.2, 0) is 4.74 Å². The average molecular weight is 485 g/mol. The van der Waals surface area contributed by atoms with Gasteiger partial charge in [-0.15, -0.1) is 24.0 Å². The highest BCUT2D eigenvalue weighted by Crippen LogP contribution is 2.49. The summed E-state index contributed by atoms with van der Waals surface area (Å²) in [5.74, 6) is 2.40. The first-order valence-corrected chi connectivity index (χ1v) is 10.2. The zero-order valence-electron chi connectivity index (χ0n) is 17.1. The number of ether oxygens (including phenoxy) is 1. The highest BCUT2D eigenvalue weighted by molar-refractivity contribution is 14.0. The molecule has 0 bridgehead atoms. The quantitative estimate of drug-likeness (QED) is 0.351. The standard InChI is InChI=1S/C22H35N3O.HI/c1-4-23-21(24-17-22(11-12-22)13-15-26-3)25-14-10-20(18(2)16-25)19-8-6-5-7-9-19;/h5-9,18,20H,4,10-17H2,1-3H3,(H,23,24);1H. The van der Waals surface area contributed by atoms with Crippen molar-refractivity contribution in [2.75, 3.05) is 39.9 Å². The summed E-state index contributed by atoms with van der Waals surface area (Å²) in [4.78, 5) is 7.50. The van der Waals surface area contributed by atoms with Gasteiger partial charge in [0.1, 0.15) is 0 Å². The van der Waals surface area contributed by atoms with Crippen LogP contribution in [0, 0.1) is 11.3 Å². The molecular weight excluding hydrogens is 449 g/mol. The Bertz CT molecular complexity index is 588. The van der Waals surface area contributed by atoms with Gasteiger partial charge in [-0.1, -0.05) is 37.3 Å². The smallest absolute Gasteiger partial charge is 0.193 e. The molecule has 2 fully saturated rings. The summed E-state index contributed by atoms with van der Waals surface area (Å²) >= 11 is 0. The van der Waals surface area contributed by atoms with Crippen LogP contribution in [0.1, 0.15) is 51.0 Å². The molecule has 152 valence electrons. The van der Waals surface area contributed by atoms with Crippen LogP contribution in [0.15, 0.2) is 35.3 Å². The maximum Gasteiger partial charge on any atom is 0.193 e.